The molecule has 3 rings (SSSR count). The molecule has 0 saturated heterocycles. The lowest BCUT2D eigenvalue weighted by Gasteiger charge is -2.05. The number of aromatic nitrogens is 4. The number of H-pyrrole nitrogens is 1. The van der Waals surface area contributed by atoms with Gasteiger partial charge in [0.2, 0.25) is 0 Å². The highest BCUT2D eigenvalue weighted by atomic mass is 16.1. The van der Waals surface area contributed by atoms with E-state index >= 15 is 0 Å². The van der Waals surface area contributed by atoms with Crippen molar-refractivity contribution in [2.24, 2.45) is 0 Å². The van der Waals surface area contributed by atoms with Crippen LogP contribution in [-0.2, 0) is 13.0 Å². The fourth-order valence-electron chi connectivity index (χ4n) is 2.35. The summed E-state index contributed by atoms with van der Waals surface area (Å²) in [7, 11) is 0. The smallest absolute Gasteiger partial charge is 0.328 e. The molecule has 0 atom stereocenters. The van der Waals surface area contributed by atoms with Crippen LogP contribution < -0.4 is 11.4 Å². The number of imidazole rings is 1. The third kappa shape index (κ3) is 2.52. The first-order chi connectivity index (χ1) is 10.2. The monoisotopic (exact) mass is 283 g/mol. The molecule has 0 saturated carbocycles. The molecule has 108 valence electrons. The van der Waals surface area contributed by atoms with Crippen LogP contribution in [0.5, 0.6) is 0 Å². The summed E-state index contributed by atoms with van der Waals surface area (Å²) in [6.45, 7) is 2.51. The van der Waals surface area contributed by atoms with E-state index in [-0.39, 0.29) is 5.69 Å². The Balaban J connectivity index is 2.13. The van der Waals surface area contributed by atoms with Crippen molar-refractivity contribution in [2.75, 3.05) is 5.73 Å². The quantitative estimate of drug-likeness (QED) is 0.762. The number of nitrogens with one attached hydrogen (secondary N) is 1. The highest BCUT2D eigenvalue weighted by Gasteiger charge is 2.13. The number of nitrogens with two attached hydrogens (primary N) is 1. The van der Waals surface area contributed by atoms with E-state index < -0.39 is 0 Å². The normalized spacial score (nSPS) is 11.1. The first-order valence-electron chi connectivity index (χ1n) is 6.98. The Morgan fingerprint density at radius 3 is 2.71 bits per heavy atom. The molecule has 6 nitrogen and oxygen atoms in total. The van der Waals surface area contributed by atoms with Gasteiger partial charge < -0.3 is 10.7 Å². The van der Waals surface area contributed by atoms with Gasteiger partial charge >= 0.3 is 5.69 Å². The topological polar surface area (TPSA) is 89.6 Å². The molecule has 3 N–H and O–H groups in total. The van der Waals surface area contributed by atoms with Crippen LogP contribution in [0.25, 0.3) is 11.2 Å². The minimum absolute atomic E-state index is 0.219. The maximum Gasteiger partial charge on any atom is 0.328 e. The summed E-state index contributed by atoms with van der Waals surface area (Å²) in [5.41, 5.74) is 7.83. The molecular weight excluding hydrogens is 266 g/mol. The maximum atomic E-state index is 12.1. The predicted octanol–water partition coefficient (Wildman–Crippen LogP) is 1.70. The molecule has 0 spiro atoms. The van der Waals surface area contributed by atoms with E-state index in [1.807, 2.05) is 30.3 Å². The number of hydrogen-bond acceptors (Lipinski definition) is 4. The standard InChI is InChI=1S/C15H17N5O/c1-2-6-11-17-13(16)12-14(18-11)20(15(21)19-12)9-10-7-4-3-5-8-10/h3-5,7-8H,2,6,9H2,1H3,(H,19,21)(H2,16,17,18). The number of hydrogen-bond donors (Lipinski definition) is 2. The molecule has 2 heterocycles. The van der Waals surface area contributed by atoms with Gasteiger partial charge in [0.05, 0.1) is 6.54 Å². The average molecular weight is 283 g/mol. The van der Waals surface area contributed by atoms with E-state index in [2.05, 4.69) is 21.9 Å². The molecular formula is C15H17N5O. The maximum absolute atomic E-state index is 12.1. The number of rotatable bonds is 4. The van der Waals surface area contributed by atoms with Crippen molar-refractivity contribution in [1.82, 2.24) is 19.5 Å². The number of aryl methyl sites for hydroxylation is 1. The summed E-state index contributed by atoms with van der Waals surface area (Å²) in [6.07, 6.45) is 1.67. The zero-order valence-electron chi connectivity index (χ0n) is 11.8. The third-order valence-electron chi connectivity index (χ3n) is 3.35. The van der Waals surface area contributed by atoms with E-state index in [1.54, 1.807) is 4.57 Å². The Labute approximate surface area is 121 Å². The van der Waals surface area contributed by atoms with Crippen LogP contribution in [0, 0.1) is 0 Å². The van der Waals surface area contributed by atoms with Crippen molar-refractivity contribution < 1.29 is 0 Å². The SMILES string of the molecule is CCCc1nc(N)c2[nH]c(=O)n(Cc3ccccc3)c2n1. The Morgan fingerprint density at radius 1 is 1.24 bits per heavy atom. The van der Waals surface area contributed by atoms with Gasteiger partial charge in [-0.25, -0.2) is 14.8 Å². The van der Waals surface area contributed by atoms with Gasteiger partial charge in [-0.05, 0) is 12.0 Å². The summed E-state index contributed by atoms with van der Waals surface area (Å²) in [5.74, 6) is 0.996. The molecule has 0 aliphatic carbocycles. The second-order valence-electron chi connectivity index (χ2n) is 4.98. The van der Waals surface area contributed by atoms with Crippen LogP contribution in [0.2, 0.25) is 0 Å². The summed E-state index contributed by atoms with van der Waals surface area (Å²) < 4.78 is 1.60. The summed E-state index contributed by atoms with van der Waals surface area (Å²) >= 11 is 0. The van der Waals surface area contributed by atoms with Crippen LogP contribution in [0.15, 0.2) is 35.1 Å². The zero-order chi connectivity index (χ0) is 14.8. The lowest BCUT2D eigenvalue weighted by atomic mass is 10.2. The van der Waals surface area contributed by atoms with E-state index in [1.165, 1.54) is 0 Å². The average Bonchev–Trinajstić information content (AvgIpc) is 2.78. The Morgan fingerprint density at radius 2 is 2.00 bits per heavy atom. The van der Waals surface area contributed by atoms with Crippen molar-refractivity contribution in [3.05, 3.63) is 52.2 Å². The Hall–Kier alpha value is -2.63. The lowest BCUT2D eigenvalue weighted by molar-refractivity contribution is 0.768. The molecule has 21 heavy (non-hydrogen) atoms. The Kier molecular flexibility index (Phi) is 3.43. The highest BCUT2D eigenvalue weighted by Crippen LogP contribution is 2.15. The number of nitrogen functional groups attached to an aromatic ring is 1. The van der Waals surface area contributed by atoms with Crippen LogP contribution in [0.3, 0.4) is 0 Å². The number of anilines is 1. The molecule has 0 bridgehead atoms. The molecule has 2 aromatic heterocycles. The molecule has 1 aromatic carbocycles. The number of nitrogens with zero attached hydrogens (tertiary/aromatic N) is 3. The van der Waals surface area contributed by atoms with E-state index in [4.69, 9.17) is 5.73 Å². The minimum Gasteiger partial charge on any atom is -0.382 e. The van der Waals surface area contributed by atoms with Crippen molar-refractivity contribution in [2.45, 2.75) is 26.3 Å². The minimum atomic E-state index is -0.219. The fourth-order valence-corrected chi connectivity index (χ4v) is 2.35. The second-order valence-corrected chi connectivity index (χ2v) is 4.98. The molecule has 0 radical (unpaired) electrons. The molecule has 0 aliphatic rings. The summed E-state index contributed by atoms with van der Waals surface area (Å²) in [4.78, 5) is 23.6. The van der Waals surface area contributed by atoms with Gasteiger partial charge in [-0.2, -0.15) is 0 Å². The largest absolute Gasteiger partial charge is 0.382 e. The molecule has 0 aliphatic heterocycles. The first kappa shape index (κ1) is 13.4. The second kappa shape index (κ2) is 5.40. The Bertz CT molecular complexity index is 819. The van der Waals surface area contributed by atoms with Gasteiger partial charge in [0.1, 0.15) is 11.3 Å². The van der Waals surface area contributed by atoms with Crippen LogP contribution >= 0.6 is 0 Å². The molecule has 6 heteroatoms. The number of benzene rings is 1. The highest BCUT2D eigenvalue weighted by molar-refractivity contribution is 5.81. The van der Waals surface area contributed by atoms with Gasteiger partial charge in [-0.1, -0.05) is 37.3 Å². The molecule has 0 amide bonds. The van der Waals surface area contributed by atoms with Crippen molar-refractivity contribution >= 4 is 17.0 Å². The fraction of sp³-hybridized carbons (Fsp3) is 0.267. The lowest BCUT2D eigenvalue weighted by Crippen LogP contribution is -2.17. The van der Waals surface area contributed by atoms with Gasteiger partial charge in [-0.3, -0.25) is 4.57 Å². The van der Waals surface area contributed by atoms with Crippen LogP contribution in [0.4, 0.5) is 5.82 Å². The van der Waals surface area contributed by atoms with Crippen molar-refractivity contribution in [3.63, 3.8) is 0 Å². The first-order valence-corrected chi connectivity index (χ1v) is 6.98. The van der Waals surface area contributed by atoms with Gasteiger partial charge in [0, 0.05) is 6.42 Å². The van der Waals surface area contributed by atoms with Crippen LogP contribution in [-0.4, -0.2) is 19.5 Å². The molecule has 0 fully saturated rings. The third-order valence-corrected chi connectivity index (χ3v) is 3.35. The summed E-state index contributed by atoms with van der Waals surface area (Å²) in [6, 6.07) is 9.79. The molecule has 3 aromatic rings. The van der Waals surface area contributed by atoms with Crippen LogP contribution in [0.1, 0.15) is 24.7 Å². The number of fused-ring (bicyclic) bond motifs is 1. The van der Waals surface area contributed by atoms with E-state index in [0.29, 0.717) is 29.4 Å². The van der Waals surface area contributed by atoms with Gasteiger partial charge in [-0.15, -0.1) is 0 Å². The zero-order valence-corrected chi connectivity index (χ0v) is 11.8. The molecule has 0 unspecified atom stereocenters. The van der Waals surface area contributed by atoms with Crippen molar-refractivity contribution in [3.8, 4) is 0 Å². The van der Waals surface area contributed by atoms with E-state index in [0.717, 1.165) is 18.4 Å². The van der Waals surface area contributed by atoms with Gasteiger partial charge in [0.15, 0.2) is 11.5 Å². The summed E-state index contributed by atoms with van der Waals surface area (Å²) in [5, 5.41) is 0. The van der Waals surface area contributed by atoms with E-state index in [9.17, 15) is 4.79 Å². The predicted molar refractivity (Wildman–Crippen MR) is 82.1 cm³/mol. The number of aromatic amines is 1. The van der Waals surface area contributed by atoms with Crippen molar-refractivity contribution in [1.29, 1.82) is 0 Å². The van der Waals surface area contributed by atoms with Gasteiger partial charge in [0.25, 0.3) is 0 Å².